The number of nitrogens with two attached hydrogens (primary N) is 2. The minimum atomic E-state index is -0.636. The van der Waals surface area contributed by atoms with Crippen LogP contribution in [0.3, 0.4) is 0 Å². The van der Waals surface area contributed by atoms with Crippen LogP contribution < -0.4 is 26.3 Å². The first-order valence-electron chi connectivity index (χ1n) is 17.7. The molecule has 6 rings (SSSR count). The highest BCUT2D eigenvalue weighted by Crippen LogP contribution is 2.62. The van der Waals surface area contributed by atoms with Crippen molar-refractivity contribution in [2.24, 2.45) is 22.4 Å². The summed E-state index contributed by atoms with van der Waals surface area (Å²) in [5, 5.41) is 2.93. The van der Waals surface area contributed by atoms with Crippen molar-refractivity contribution in [3.63, 3.8) is 0 Å². The Hall–Kier alpha value is -4.79. The summed E-state index contributed by atoms with van der Waals surface area (Å²) in [7, 11) is 3.76. The lowest BCUT2D eigenvalue weighted by atomic mass is 9.57. The van der Waals surface area contributed by atoms with E-state index in [-0.39, 0.29) is 62.9 Å². The van der Waals surface area contributed by atoms with Gasteiger partial charge in [-0.05, 0) is 76.4 Å². The fourth-order valence-corrected chi connectivity index (χ4v) is 8.40. The fourth-order valence-electron chi connectivity index (χ4n) is 8.40. The van der Waals surface area contributed by atoms with E-state index in [0.717, 1.165) is 24.9 Å². The molecule has 3 amide bonds. The number of hydrogen-bond donors (Lipinski definition) is 3. The second-order valence-electron chi connectivity index (χ2n) is 13.9. The number of piperazine rings is 1. The van der Waals surface area contributed by atoms with E-state index in [1.54, 1.807) is 18.9 Å². The molecule has 51 heavy (non-hydrogen) atoms. The van der Waals surface area contributed by atoms with Crippen LogP contribution in [-0.2, 0) is 30.9 Å². The first-order valence-corrected chi connectivity index (χ1v) is 17.7. The van der Waals surface area contributed by atoms with Crippen LogP contribution >= 0.6 is 0 Å². The average molecular weight is 708 g/mol. The number of ether oxygens (including phenoxy) is 4. The van der Waals surface area contributed by atoms with Crippen LogP contribution in [0, 0.1) is 5.92 Å². The Bertz CT molecular complexity index is 1660. The van der Waals surface area contributed by atoms with Crippen LogP contribution in [-0.4, -0.2) is 123 Å². The second-order valence-corrected chi connectivity index (χ2v) is 13.9. The standard InChI is InChI=1S/C36H49N7O8/c1-5-49-34(46)42-15-16-43(24(20-42)19-40-32(45)23(17-21(2)44)7-6-13-39-33(37)38)35(47)50-28-11-9-25-26-18-22-8-10-27(48-4)30-29(22)36(25,31(28)51-30)12-14-41(26)3/h8-11,23-24,26,31H,5-7,12-20H2,1-4H3,(H,40,45)(H4,37,38,39)/t23-,24?,26-,31?,36+/m1/s1. The number of amides is 3. The molecule has 2 aliphatic carbocycles. The summed E-state index contributed by atoms with van der Waals surface area (Å²) in [6, 6.07) is 3.62. The summed E-state index contributed by atoms with van der Waals surface area (Å²) in [5.41, 5.74) is 13.9. The number of carbonyl (C=O) groups is 4. The third kappa shape index (κ3) is 6.83. The molecular weight excluding hydrogens is 658 g/mol. The number of carbonyl (C=O) groups excluding carboxylic acids is 4. The molecule has 2 bridgehead atoms. The SMILES string of the molecule is CCOC(=O)N1CCN(C(=O)OC2=CC=C3[C@H]4Cc5ccc(OC)c6c5[C@@]3(CCN4C)C2O6)C(CNC(=O)[C@H](CCCN=C(N)N)CC(C)=O)C1. The number of hydrogen-bond acceptors (Lipinski definition) is 10. The number of likely N-dealkylation sites (tertiary alicyclic amines) is 1. The summed E-state index contributed by atoms with van der Waals surface area (Å²) in [5.74, 6) is 0.633. The van der Waals surface area contributed by atoms with Crippen molar-refractivity contribution in [1.29, 1.82) is 0 Å². The van der Waals surface area contributed by atoms with Crippen molar-refractivity contribution in [1.82, 2.24) is 20.0 Å². The zero-order chi connectivity index (χ0) is 36.4. The van der Waals surface area contributed by atoms with Gasteiger partial charge < -0.3 is 45.4 Å². The predicted molar refractivity (Wildman–Crippen MR) is 187 cm³/mol. The molecule has 1 spiro atoms. The zero-order valence-electron chi connectivity index (χ0n) is 29.8. The van der Waals surface area contributed by atoms with Gasteiger partial charge in [-0.1, -0.05) is 12.1 Å². The number of nitrogens with one attached hydrogen (secondary N) is 1. The van der Waals surface area contributed by atoms with Gasteiger partial charge in [0.2, 0.25) is 5.91 Å². The number of piperidine rings is 1. The van der Waals surface area contributed by atoms with Gasteiger partial charge in [-0.2, -0.15) is 0 Å². The van der Waals surface area contributed by atoms with E-state index in [1.807, 2.05) is 12.1 Å². The first kappa shape index (κ1) is 36.0. The Balaban J connectivity index is 1.22. The molecule has 5 N–H and O–H groups in total. The summed E-state index contributed by atoms with van der Waals surface area (Å²) in [4.78, 5) is 61.7. The number of guanidine groups is 1. The van der Waals surface area contributed by atoms with Crippen LogP contribution in [0.1, 0.15) is 50.7 Å². The molecule has 276 valence electrons. The molecule has 0 saturated carbocycles. The highest BCUT2D eigenvalue weighted by Gasteiger charge is 2.62. The van der Waals surface area contributed by atoms with Crippen LogP contribution in [0.25, 0.3) is 0 Å². The van der Waals surface area contributed by atoms with E-state index in [2.05, 4.69) is 34.4 Å². The van der Waals surface area contributed by atoms with E-state index in [9.17, 15) is 19.2 Å². The third-order valence-corrected chi connectivity index (χ3v) is 10.8. The molecule has 5 aliphatic rings. The van der Waals surface area contributed by atoms with Crippen molar-refractivity contribution in [3.05, 3.63) is 46.7 Å². The molecule has 0 aromatic heterocycles. The topological polar surface area (TPSA) is 191 Å². The van der Waals surface area contributed by atoms with Crippen LogP contribution in [0.2, 0.25) is 0 Å². The number of ketones is 1. The maximum absolute atomic E-state index is 14.1. The predicted octanol–water partition coefficient (Wildman–Crippen LogP) is 1.82. The average Bonchev–Trinajstić information content (AvgIpc) is 3.46. The Morgan fingerprint density at radius 1 is 1.14 bits per heavy atom. The number of allylic oxidation sites excluding steroid dienone is 2. The molecule has 1 aromatic carbocycles. The quantitative estimate of drug-likeness (QED) is 0.163. The number of nitrogens with zero attached hydrogens (tertiary/aromatic N) is 4. The Labute approximate surface area is 297 Å². The summed E-state index contributed by atoms with van der Waals surface area (Å²) in [6.07, 6.45) is 4.85. The number of likely N-dealkylation sites (N-methyl/N-ethyl adjacent to an activating group) is 1. The van der Waals surface area contributed by atoms with E-state index < -0.39 is 35.7 Å². The molecule has 15 heteroatoms. The molecule has 5 atom stereocenters. The van der Waals surface area contributed by atoms with Crippen molar-refractivity contribution in [2.45, 2.75) is 69.6 Å². The van der Waals surface area contributed by atoms with Gasteiger partial charge in [0.15, 0.2) is 29.3 Å². The monoisotopic (exact) mass is 707 g/mol. The van der Waals surface area contributed by atoms with Gasteiger partial charge in [0.1, 0.15) is 5.78 Å². The Morgan fingerprint density at radius 2 is 1.94 bits per heavy atom. The molecule has 1 aromatic rings. The highest BCUT2D eigenvalue weighted by molar-refractivity contribution is 5.85. The number of Topliss-reactive ketones (excluding diaryl/α,β-unsaturated/α-hetero) is 1. The molecule has 2 unspecified atom stereocenters. The lowest BCUT2D eigenvalue weighted by molar-refractivity contribution is -0.129. The van der Waals surface area contributed by atoms with Gasteiger partial charge in [-0.3, -0.25) is 19.6 Å². The lowest BCUT2D eigenvalue weighted by Crippen LogP contribution is -2.61. The minimum Gasteiger partial charge on any atom is -0.493 e. The summed E-state index contributed by atoms with van der Waals surface area (Å²) in [6.45, 7) is 5.07. The first-order chi connectivity index (χ1) is 24.5. The molecule has 0 radical (unpaired) electrons. The molecule has 15 nitrogen and oxygen atoms in total. The number of rotatable bonds is 12. The maximum Gasteiger partial charge on any atom is 0.415 e. The van der Waals surface area contributed by atoms with Gasteiger partial charge in [0.05, 0.1) is 25.2 Å². The van der Waals surface area contributed by atoms with Crippen LogP contribution in [0.15, 0.2) is 40.6 Å². The number of aliphatic imine (C=N–C) groups is 1. The molecule has 3 heterocycles. The van der Waals surface area contributed by atoms with E-state index in [4.69, 9.17) is 30.4 Å². The van der Waals surface area contributed by atoms with Gasteiger partial charge in [0.25, 0.3) is 0 Å². The third-order valence-electron chi connectivity index (χ3n) is 10.8. The molecule has 2 fully saturated rings. The zero-order valence-corrected chi connectivity index (χ0v) is 29.8. The van der Waals surface area contributed by atoms with Crippen molar-refractivity contribution >= 4 is 29.8 Å². The van der Waals surface area contributed by atoms with Crippen LogP contribution in [0.5, 0.6) is 11.5 Å². The maximum atomic E-state index is 14.1. The number of benzene rings is 1. The lowest BCUT2D eigenvalue weighted by Gasteiger charge is -2.52. The van der Waals surface area contributed by atoms with Gasteiger partial charge in [-0.15, -0.1) is 0 Å². The molecule has 3 aliphatic heterocycles. The van der Waals surface area contributed by atoms with Crippen molar-refractivity contribution < 1.29 is 38.1 Å². The number of methoxy groups -OCH3 is 1. The largest absolute Gasteiger partial charge is 0.493 e. The second kappa shape index (κ2) is 14.8. The van der Waals surface area contributed by atoms with Gasteiger partial charge in [0, 0.05) is 56.7 Å². The normalized spacial score (nSPS) is 25.0. The summed E-state index contributed by atoms with van der Waals surface area (Å²) < 4.78 is 23.9. The van der Waals surface area contributed by atoms with Crippen molar-refractivity contribution in [3.8, 4) is 11.5 Å². The Morgan fingerprint density at radius 3 is 2.67 bits per heavy atom. The summed E-state index contributed by atoms with van der Waals surface area (Å²) >= 11 is 0. The molecule has 2 saturated heterocycles. The minimum absolute atomic E-state index is 0.0269. The van der Waals surface area contributed by atoms with Gasteiger partial charge in [-0.25, -0.2) is 9.59 Å². The van der Waals surface area contributed by atoms with E-state index in [0.29, 0.717) is 36.6 Å². The van der Waals surface area contributed by atoms with E-state index >= 15 is 0 Å². The van der Waals surface area contributed by atoms with Crippen molar-refractivity contribution in [2.75, 3.05) is 60.0 Å². The highest BCUT2D eigenvalue weighted by atomic mass is 16.6. The van der Waals surface area contributed by atoms with Crippen LogP contribution in [0.4, 0.5) is 9.59 Å². The fraction of sp³-hybridized carbons (Fsp3) is 0.583. The van der Waals surface area contributed by atoms with Gasteiger partial charge >= 0.3 is 12.2 Å². The molecular formula is C36H49N7O8. The smallest absolute Gasteiger partial charge is 0.415 e. The Kier molecular flexibility index (Phi) is 10.5. The van der Waals surface area contributed by atoms with E-state index in [1.165, 1.54) is 23.0 Å².